The molecule has 0 bridgehead atoms. The van der Waals surface area contributed by atoms with E-state index in [9.17, 15) is 20.2 Å². The molecule has 0 saturated carbocycles. The van der Waals surface area contributed by atoms with Crippen molar-refractivity contribution in [2.24, 2.45) is 0 Å². The first-order chi connectivity index (χ1) is 18.2. The van der Waals surface area contributed by atoms with Crippen molar-refractivity contribution in [3.8, 4) is 34.0 Å². The van der Waals surface area contributed by atoms with Gasteiger partial charge < -0.3 is 10.5 Å². The summed E-state index contributed by atoms with van der Waals surface area (Å²) >= 11 is 6.40. The predicted octanol–water partition coefficient (Wildman–Crippen LogP) is 7.68. The van der Waals surface area contributed by atoms with Gasteiger partial charge in [-0.25, -0.2) is 9.97 Å². The Morgan fingerprint density at radius 1 is 0.658 bits per heavy atom. The minimum absolute atomic E-state index is 0.149. The van der Waals surface area contributed by atoms with Gasteiger partial charge in [0.05, 0.1) is 41.2 Å². The first-order valence-corrected chi connectivity index (χ1v) is 12.5. The fourth-order valence-electron chi connectivity index (χ4n) is 3.77. The lowest BCUT2D eigenvalue weighted by molar-refractivity contribution is -0.385. The second-order valence-corrected chi connectivity index (χ2v) is 9.80. The zero-order valence-corrected chi connectivity index (χ0v) is 22.3. The molecule has 0 fully saturated rings. The number of nitrogens with two attached hydrogens (primary N) is 1. The maximum atomic E-state index is 11.6. The molecule has 5 aromatic rings. The van der Waals surface area contributed by atoms with Crippen LogP contribution in [0.25, 0.3) is 33.5 Å². The van der Waals surface area contributed by atoms with Gasteiger partial charge in [-0.1, -0.05) is 12.1 Å². The van der Waals surface area contributed by atoms with Gasteiger partial charge in [0, 0.05) is 35.0 Å². The van der Waals surface area contributed by atoms with Crippen molar-refractivity contribution in [3.05, 3.63) is 108 Å². The average molecular weight is 637 g/mol. The van der Waals surface area contributed by atoms with E-state index >= 15 is 0 Å². The van der Waals surface area contributed by atoms with Gasteiger partial charge in [-0.2, -0.15) is 0 Å². The summed E-state index contributed by atoms with van der Waals surface area (Å²) in [5.41, 5.74) is 8.51. The van der Waals surface area contributed by atoms with Crippen LogP contribution in [0, 0.1) is 20.2 Å². The van der Waals surface area contributed by atoms with Crippen LogP contribution in [-0.4, -0.2) is 19.8 Å². The van der Waals surface area contributed by atoms with Crippen molar-refractivity contribution in [2.45, 2.75) is 0 Å². The number of halogens is 2. The molecular formula is C26H15Br2N5O5. The minimum Gasteiger partial charge on any atom is -0.457 e. The number of nitro benzene ring substituents is 2. The van der Waals surface area contributed by atoms with E-state index in [0.29, 0.717) is 59.7 Å². The fraction of sp³-hybridized carbons (Fsp3) is 0. The molecule has 5 rings (SSSR count). The lowest BCUT2D eigenvalue weighted by atomic mass is 10.0. The van der Waals surface area contributed by atoms with Gasteiger partial charge in [-0.3, -0.25) is 20.2 Å². The summed E-state index contributed by atoms with van der Waals surface area (Å²) in [4.78, 5) is 31.7. The molecule has 0 aliphatic heterocycles. The van der Waals surface area contributed by atoms with Crippen molar-refractivity contribution in [2.75, 3.05) is 5.73 Å². The van der Waals surface area contributed by atoms with Crippen LogP contribution in [0.4, 0.5) is 17.1 Å². The monoisotopic (exact) mass is 635 g/mol. The molecule has 0 radical (unpaired) electrons. The van der Waals surface area contributed by atoms with Gasteiger partial charge in [-0.15, -0.1) is 0 Å². The first-order valence-electron chi connectivity index (χ1n) is 10.9. The molecule has 12 heteroatoms. The van der Waals surface area contributed by atoms with Crippen LogP contribution in [0.2, 0.25) is 0 Å². The van der Waals surface area contributed by atoms with E-state index in [1.807, 2.05) is 0 Å². The highest BCUT2D eigenvalue weighted by Crippen LogP contribution is 2.38. The van der Waals surface area contributed by atoms with Crippen molar-refractivity contribution in [3.63, 3.8) is 0 Å². The Balaban J connectivity index is 1.71. The summed E-state index contributed by atoms with van der Waals surface area (Å²) in [7, 11) is 0. The lowest BCUT2D eigenvalue weighted by Crippen LogP contribution is -1.98. The van der Waals surface area contributed by atoms with Crippen molar-refractivity contribution in [1.29, 1.82) is 0 Å². The van der Waals surface area contributed by atoms with Gasteiger partial charge in [0.2, 0.25) is 0 Å². The molecule has 38 heavy (non-hydrogen) atoms. The highest BCUT2D eigenvalue weighted by atomic mass is 79.9. The van der Waals surface area contributed by atoms with E-state index in [2.05, 4.69) is 31.9 Å². The minimum atomic E-state index is -0.509. The predicted molar refractivity (Wildman–Crippen MR) is 150 cm³/mol. The summed E-state index contributed by atoms with van der Waals surface area (Å²) in [5.74, 6) is 1.07. The van der Waals surface area contributed by atoms with Crippen LogP contribution in [0.1, 0.15) is 0 Å². The Kier molecular flexibility index (Phi) is 6.74. The SMILES string of the molecule is Nc1ccc(Oc2ccc3nc(-c4ccc(Br)c([N+](=O)[O-])c4)c(-c4ccc(Br)c([N+](=O)[O-])c4)nc3c2)cc1. The third kappa shape index (κ3) is 5.04. The van der Waals surface area contributed by atoms with Crippen LogP contribution < -0.4 is 10.5 Å². The summed E-state index contributed by atoms with van der Waals surface area (Å²) in [6.45, 7) is 0. The van der Waals surface area contributed by atoms with Crippen LogP contribution >= 0.6 is 31.9 Å². The molecule has 188 valence electrons. The third-order valence-electron chi connectivity index (χ3n) is 5.58. The van der Waals surface area contributed by atoms with Gasteiger partial charge in [0.15, 0.2) is 0 Å². The van der Waals surface area contributed by atoms with Gasteiger partial charge in [0.25, 0.3) is 11.4 Å². The lowest BCUT2D eigenvalue weighted by Gasteiger charge is -2.12. The van der Waals surface area contributed by atoms with E-state index in [-0.39, 0.29) is 11.4 Å². The number of benzene rings is 4. The van der Waals surface area contributed by atoms with E-state index in [0.717, 1.165) is 0 Å². The normalized spacial score (nSPS) is 10.9. The molecule has 0 amide bonds. The van der Waals surface area contributed by atoms with Crippen LogP contribution in [0.3, 0.4) is 0 Å². The number of anilines is 1. The zero-order chi connectivity index (χ0) is 27.0. The number of nitrogens with zero attached hydrogens (tertiary/aromatic N) is 4. The molecule has 1 heterocycles. The van der Waals surface area contributed by atoms with E-state index < -0.39 is 9.85 Å². The maximum Gasteiger partial charge on any atom is 0.284 e. The Morgan fingerprint density at radius 3 is 1.68 bits per heavy atom. The van der Waals surface area contributed by atoms with Crippen molar-refractivity contribution >= 4 is 60.0 Å². The number of fused-ring (bicyclic) bond motifs is 1. The number of rotatable bonds is 6. The number of hydrogen-bond acceptors (Lipinski definition) is 8. The quantitative estimate of drug-likeness (QED) is 0.113. The zero-order valence-electron chi connectivity index (χ0n) is 19.2. The number of nitrogen functional groups attached to an aromatic ring is 1. The molecule has 0 saturated heterocycles. The largest absolute Gasteiger partial charge is 0.457 e. The molecule has 0 aliphatic rings. The fourth-order valence-corrected chi connectivity index (χ4v) is 4.55. The standard InChI is InChI=1S/C26H15Br2N5O5/c27-19-8-1-14(11-23(19)32(34)35)25-26(15-2-9-20(28)24(12-15)33(36)37)31-22-13-18(7-10-21(22)30-25)38-17-5-3-16(29)4-6-17/h1-13H,29H2. The highest BCUT2D eigenvalue weighted by Gasteiger charge is 2.21. The van der Waals surface area contributed by atoms with Crippen molar-refractivity contribution < 1.29 is 14.6 Å². The Labute approximate surface area is 231 Å². The van der Waals surface area contributed by atoms with Crippen molar-refractivity contribution in [1.82, 2.24) is 9.97 Å². The molecule has 0 atom stereocenters. The van der Waals surface area contributed by atoms with Gasteiger partial charge in [0.1, 0.15) is 11.5 Å². The summed E-state index contributed by atoms with van der Waals surface area (Å²) in [6.07, 6.45) is 0. The molecule has 2 N–H and O–H groups in total. The number of ether oxygens (including phenoxy) is 1. The topological polar surface area (TPSA) is 147 Å². The molecular weight excluding hydrogens is 622 g/mol. The number of aromatic nitrogens is 2. The summed E-state index contributed by atoms with van der Waals surface area (Å²) in [5, 5.41) is 23.2. The van der Waals surface area contributed by atoms with Crippen LogP contribution in [-0.2, 0) is 0 Å². The highest BCUT2D eigenvalue weighted by molar-refractivity contribution is 9.11. The maximum absolute atomic E-state index is 11.6. The van der Waals surface area contributed by atoms with E-state index in [1.54, 1.807) is 66.7 Å². The van der Waals surface area contributed by atoms with Crippen LogP contribution in [0.15, 0.2) is 87.8 Å². The molecule has 0 unspecified atom stereocenters. The molecule has 4 aromatic carbocycles. The third-order valence-corrected chi connectivity index (χ3v) is 6.93. The first kappa shape index (κ1) is 25.2. The second-order valence-electron chi connectivity index (χ2n) is 8.09. The average Bonchev–Trinajstić information content (AvgIpc) is 2.89. The summed E-state index contributed by atoms with van der Waals surface area (Å²) in [6, 6.07) is 21.3. The Bertz CT molecular complexity index is 1750. The molecule has 0 aliphatic carbocycles. The van der Waals surface area contributed by atoms with Gasteiger partial charge >= 0.3 is 0 Å². The number of hydrogen-bond donors (Lipinski definition) is 1. The van der Waals surface area contributed by atoms with E-state index in [1.165, 1.54) is 12.1 Å². The summed E-state index contributed by atoms with van der Waals surface area (Å²) < 4.78 is 6.54. The van der Waals surface area contributed by atoms with Gasteiger partial charge in [-0.05, 0) is 80.4 Å². The second kappa shape index (κ2) is 10.1. The molecule has 0 spiro atoms. The number of nitro groups is 2. The van der Waals surface area contributed by atoms with Crippen LogP contribution in [0.5, 0.6) is 11.5 Å². The van der Waals surface area contributed by atoms with E-state index in [4.69, 9.17) is 20.4 Å². The molecule has 10 nitrogen and oxygen atoms in total. The smallest absolute Gasteiger partial charge is 0.284 e. The molecule has 1 aromatic heterocycles. The Hall–Kier alpha value is -4.42. The Morgan fingerprint density at radius 2 is 1.16 bits per heavy atom.